The van der Waals surface area contributed by atoms with E-state index in [9.17, 15) is 4.79 Å². The summed E-state index contributed by atoms with van der Waals surface area (Å²) in [6.45, 7) is 2.38. The number of carbonyl (C=O) groups is 1. The molecule has 4 rings (SSSR count). The van der Waals surface area contributed by atoms with Crippen molar-refractivity contribution in [2.24, 2.45) is 0 Å². The van der Waals surface area contributed by atoms with E-state index in [0.29, 0.717) is 30.6 Å². The number of ether oxygens (including phenoxy) is 1. The number of hydrogen-bond acceptors (Lipinski definition) is 8. The number of pyridine rings is 1. The van der Waals surface area contributed by atoms with Gasteiger partial charge in [0.1, 0.15) is 18.7 Å². The number of benzene rings is 1. The highest BCUT2D eigenvalue weighted by atomic mass is 16.5. The number of nitrogens with one attached hydrogen (secondary N) is 2. The Balaban J connectivity index is 1.24. The first-order valence-corrected chi connectivity index (χ1v) is 9.77. The van der Waals surface area contributed by atoms with Crippen LogP contribution in [0.15, 0.2) is 59.6 Å². The SMILES string of the molecule is CC(NC(=O)CCc1nc(-c2ncn[nH]2)no1)c1ccc(OCc2cccnc2)cc1. The van der Waals surface area contributed by atoms with Gasteiger partial charge in [-0.1, -0.05) is 23.4 Å². The van der Waals surface area contributed by atoms with E-state index >= 15 is 0 Å². The fourth-order valence-electron chi connectivity index (χ4n) is 2.89. The third-order valence-electron chi connectivity index (χ3n) is 4.55. The maximum absolute atomic E-state index is 12.3. The molecule has 0 saturated carbocycles. The van der Waals surface area contributed by atoms with Crippen molar-refractivity contribution < 1.29 is 14.1 Å². The minimum absolute atomic E-state index is 0.108. The molecule has 2 N–H and O–H groups in total. The smallest absolute Gasteiger partial charge is 0.239 e. The van der Waals surface area contributed by atoms with Crippen molar-refractivity contribution in [3.8, 4) is 17.4 Å². The summed E-state index contributed by atoms with van der Waals surface area (Å²) in [5.41, 5.74) is 1.98. The first kappa shape index (κ1) is 20.2. The van der Waals surface area contributed by atoms with Crippen LogP contribution < -0.4 is 10.1 Å². The van der Waals surface area contributed by atoms with Crippen LogP contribution in [0, 0.1) is 0 Å². The van der Waals surface area contributed by atoms with Gasteiger partial charge in [0, 0.05) is 30.8 Å². The molecule has 0 radical (unpaired) electrons. The Morgan fingerprint density at radius 1 is 1.26 bits per heavy atom. The predicted octanol–water partition coefficient (Wildman–Crippen LogP) is 2.64. The molecule has 1 atom stereocenters. The Morgan fingerprint density at radius 3 is 2.87 bits per heavy atom. The monoisotopic (exact) mass is 419 g/mol. The van der Waals surface area contributed by atoms with Crippen molar-refractivity contribution in [1.82, 2.24) is 35.6 Å². The van der Waals surface area contributed by atoms with Gasteiger partial charge >= 0.3 is 0 Å². The van der Waals surface area contributed by atoms with Gasteiger partial charge in [0.25, 0.3) is 0 Å². The zero-order valence-corrected chi connectivity index (χ0v) is 16.9. The predicted molar refractivity (Wildman–Crippen MR) is 110 cm³/mol. The summed E-state index contributed by atoms with van der Waals surface area (Å²) in [7, 11) is 0. The van der Waals surface area contributed by atoms with E-state index in [4.69, 9.17) is 9.26 Å². The normalized spacial score (nSPS) is 11.8. The molecule has 31 heavy (non-hydrogen) atoms. The minimum Gasteiger partial charge on any atom is -0.489 e. The van der Waals surface area contributed by atoms with Gasteiger partial charge in [0.05, 0.1) is 6.04 Å². The van der Waals surface area contributed by atoms with Crippen LogP contribution >= 0.6 is 0 Å². The second kappa shape index (κ2) is 9.61. The summed E-state index contributed by atoms with van der Waals surface area (Å²) in [6, 6.07) is 11.3. The molecule has 0 fully saturated rings. The van der Waals surface area contributed by atoms with Crippen molar-refractivity contribution in [2.75, 3.05) is 0 Å². The van der Waals surface area contributed by atoms with E-state index in [0.717, 1.165) is 16.9 Å². The molecule has 1 aromatic carbocycles. The van der Waals surface area contributed by atoms with Gasteiger partial charge in [-0.15, -0.1) is 0 Å². The maximum Gasteiger partial charge on any atom is 0.239 e. The Kier molecular flexibility index (Phi) is 6.26. The molecule has 4 aromatic rings. The van der Waals surface area contributed by atoms with Crippen LogP contribution in [0.25, 0.3) is 11.6 Å². The summed E-state index contributed by atoms with van der Waals surface area (Å²) >= 11 is 0. The van der Waals surface area contributed by atoms with E-state index in [-0.39, 0.29) is 18.4 Å². The average molecular weight is 419 g/mol. The largest absolute Gasteiger partial charge is 0.489 e. The zero-order valence-electron chi connectivity index (χ0n) is 16.9. The van der Waals surface area contributed by atoms with Gasteiger partial charge in [-0.3, -0.25) is 14.9 Å². The van der Waals surface area contributed by atoms with Crippen LogP contribution in [0.5, 0.6) is 5.75 Å². The topological polar surface area (TPSA) is 132 Å². The molecule has 3 heterocycles. The highest BCUT2D eigenvalue weighted by molar-refractivity contribution is 5.76. The highest BCUT2D eigenvalue weighted by Gasteiger charge is 2.14. The molecule has 1 amide bonds. The highest BCUT2D eigenvalue weighted by Crippen LogP contribution is 2.19. The van der Waals surface area contributed by atoms with Crippen molar-refractivity contribution in [2.45, 2.75) is 32.4 Å². The van der Waals surface area contributed by atoms with Crippen LogP contribution in [-0.4, -0.2) is 36.2 Å². The van der Waals surface area contributed by atoms with Crippen LogP contribution in [0.2, 0.25) is 0 Å². The first-order valence-electron chi connectivity index (χ1n) is 9.77. The lowest BCUT2D eigenvalue weighted by molar-refractivity contribution is -0.121. The average Bonchev–Trinajstić information content (AvgIpc) is 3.49. The van der Waals surface area contributed by atoms with E-state index in [1.54, 1.807) is 12.4 Å². The zero-order chi connectivity index (χ0) is 21.5. The number of aromatic nitrogens is 6. The number of rotatable bonds is 9. The van der Waals surface area contributed by atoms with Crippen LogP contribution in [0.3, 0.4) is 0 Å². The van der Waals surface area contributed by atoms with Gasteiger partial charge in [-0.2, -0.15) is 10.1 Å². The van der Waals surface area contributed by atoms with Crippen molar-refractivity contribution in [1.29, 1.82) is 0 Å². The molecule has 0 spiro atoms. The number of carbonyl (C=O) groups excluding carboxylic acids is 1. The molecule has 0 saturated heterocycles. The molecular weight excluding hydrogens is 398 g/mol. The quantitative estimate of drug-likeness (QED) is 0.423. The third kappa shape index (κ3) is 5.50. The Hall–Kier alpha value is -4.08. The summed E-state index contributed by atoms with van der Waals surface area (Å²) in [5, 5.41) is 13.2. The lowest BCUT2D eigenvalue weighted by Gasteiger charge is -2.15. The van der Waals surface area contributed by atoms with E-state index in [1.807, 2.05) is 43.3 Å². The second-order valence-corrected chi connectivity index (χ2v) is 6.85. The Bertz CT molecular complexity index is 1100. The van der Waals surface area contributed by atoms with Crippen LogP contribution in [-0.2, 0) is 17.8 Å². The van der Waals surface area contributed by atoms with Crippen LogP contribution in [0.1, 0.15) is 36.4 Å². The van der Waals surface area contributed by atoms with E-state index in [1.165, 1.54) is 6.33 Å². The number of aryl methyl sites for hydroxylation is 1. The number of aromatic amines is 1. The van der Waals surface area contributed by atoms with Gasteiger partial charge in [0.15, 0.2) is 5.82 Å². The van der Waals surface area contributed by atoms with Crippen molar-refractivity contribution in [3.05, 3.63) is 72.1 Å². The Labute approximate surface area is 178 Å². The van der Waals surface area contributed by atoms with Crippen molar-refractivity contribution >= 4 is 5.91 Å². The van der Waals surface area contributed by atoms with Crippen molar-refractivity contribution in [3.63, 3.8) is 0 Å². The van der Waals surface area contributed by atoms with Gasteiger partial charge < -0.3 is 14.6 Å². The number of nitrogens with zero attached hydrogens (tertiary/aromatic N) is 5. The standard InChI is InChI=1S/C21H21N7O3/c1-14(16-4-6-17(7-5-16)30-12-15-3-2-10-22-11-15)25-18(29)8-9-19-26-21(28-31-19)20-23-13-24-27-20/h2-7,10-11,13-14H,8-9,12H2,1H3,(H,25,29)(H,23,24,27). The molecule has 3 aromatic heterocycles. The van der Waals surface area contributed by atoms with Gasteiger partial charge in [-0.25, -0.2) is 4.98 Å². The first-order chi connectivity index (χ1) is 15.2. The lowest BCUT2D eigenvalue weighted by Crippen LogP contribution is -2.26. The van der Waals surface area contributed by atoms with Gasteiger partial charge in [0.2, 0.25) is 17.6 Å². The molecule has 10 nitrogen and oxygen atoms in total. The summed E-state index contributed by atoms with van der Waals surface area (Å²) in [4.78, 5) is 24.5. The molecule has 0 aliphatic heterocycles. The Morgan fingerprint density at radius 2 is 2.13 bits per heavy atom. The third-order valence-corrected chi connectivity index (χ3v) is 4.55. The van der Waals surface area contributed by atoms with E-state index in [2.05, 4.69) is 35.6 Å². The summed E-state index contributed by atoms with van der Waals surface area (Å²) in [6.07, 6.45) is 5.43. The molecule has 0 aliphatic carbocycles. The van der Waals surface area contributed by atoms with Crippen LogP contribution in [0.4, 0.5) is 0 Å². The molecule has 1 unspecified atom stereocenters. The van der Waals surface area contributed by atoms with Gasteiger partial charge in [-0.05, 0) is 30.7 Å². The maximum atomic E-state index is 12.3. The number of H-pyrrole nitrogens is 1. The van der Waals surface area contributed by atoms with E-state index < -0.39 is 0 Å². The fourth-order valence-corrected chi connectivity index (χ4v) is 2.89. The molecular formula is C21H21N7O3. The number of hydrogen-bond donors (Lipinski definition) is 2. The fraction of sp³-hybridized carbons (Fsp3) is 0.238. The molecule has 10 heteroatoms. The minimum atomic E-state index is -0.146. The lowest BCUT2D eigenvalue weighted by atomic mass is 10.1. The summed E-state index contributed by atoms with van der Waals surface area (Å²) < 4.78 is 10.9. The molecule has 0 bridgehead atoms. The molecule has 158 valence electrons. The summed E-state index contributed by atoms with van der Waals surface area (Å²) in [5.74, 6) is 1.74. The second-order valence-electron chi connectivity index (χ2n) is 6.85. The number of amides is 1. The molecule has 0 aliphatic rings.